The van der Waals surface area contributed by atoms with E-state index < -0.39 is 0 Å². The molecule has 0 aliphatic rings. The van der Waals surface area contributed by atoms with Gasteiger partial charge in [-0.3, -0.25) is 9.59 Å². The summed E-state index contributed by atoms with van der Waals surface area (Å²) < 4.78 is 2.03. The molecule has 0 aliphatic carbocycles. The minimum Gasteiger partial charge on any atom is -0.302 e. The molecule has 10 heteroatoms. The number of anilines is 2. The molecule has 0 saturated heterocycles. The fourth-order valence-electron chi connectivity index (χ4n) is 3.95. The van der Waals surface area contributed by atoms with E-state index in [-0.39, 0.29) is 11.8 Å². The number of rotatable bonds is 11. The maximum atomic E-state index is 12.3. The summed E-state index contributed by atoms with van der Waals surface area (Å²) in [6, 6.07) is 7.57. The van der Waals surface area contributed by atoms with Crippen molar-refractivity contribution < 1.29 is 9.59 Å². The Morgan fingerprint density at radius 3 is 1.50 bits per heavy atom. The lowest BCUT2D eigenvalue weighted by atomic mass is 10.1. The predicted octanol–water partition coefficient (Wildman–Crippen LogP) is 8.53. The first-order valence-electron chi connectivity index (χ1n) is 12.0. The Kier molecular flexibility index (Phi) is 9.17. The van der Waals surface area contributed by atoms with Gasteiger partial charge in [-0.15, -0.1) is 0 Å². The van der Waals surface area contributed by atoms with Crippen LogP contribution in [0, 0.1) is 13.8 Å². The molecule has 0 aliphatic heterocycles. The Bertz CT molecular complexity index is 1290. The molecule has 6 nitrogen and oxygen atoms in total. The van der Waals surface area contributed by atoms with Gasteiger partial charge in [0.25, 0.3) is 0 Å². The van der Waals surface area contributed by atoms with E-state index in [9.17, 15) is 9.59 Å². The fourth-order valence-corrected chi connectivity index (χ4v) is 6.14. The van der Waals surface area contributed by atoms with Crippen molar-refractivity contribution in [2.45, 2.75) is 65.2 Å². The van der Waals surface area contributed by atoms with Gasteiger partial charge in [-0.2, -0.15) is 0 Å². The molecule has 0 atom stereocenters. The molecular formula is C26H28Cl2N4O2S2. The van der Waals surface area contributed by atoms with Crippen LogP contribution in [-0.2, 0) is 9.59 Å². The van der Waals surface area contributed by atoms with Crippen LogP contribution in [0.5, 0.6) is 0 Å². The summed E-state index contributed by atoms with van der Waals surface area (Å²) in [6.07, 6.45) is 6.70. The number of amides is 2. The van der Waals surface area contributed by atoms with Crippen molar-refractivity contribution in [3.63, 3.8) is 0 Å². The van der Waals surface area contributed by atoms with Crippen molar-refractivity contribution in [1.82, 2.24) is 9.97 Å². The molecule has 0 unspecified atom stereocenters. The third-order valence-electron chi connectivity index (χ3n) is 6.05. The number of halogens is 2. The predicted molar refractivity (Wildman–Crippen MR) is 153 cm³/mol. The van der Waals surface area contributed by atoms with Gasteiger partial charge < -0.3 is 10.6 Å². The SMILES string of the molecule is Cc1c(Cl)ccc2sc(NC(=O)CCCCCCCCC(=O)Nc3nc4c(C)c(Cl)ccc4s3)nc12. The summed E-state index contributed by atoms with van der Waals surface area (Å²) in [5.74, 6) is -0.0245. The number of thiazole rings is 2. The van der Waals surface area contributed by atoms with Gasteiger partial charge in [0.1, 0.15) is 0 Å². The monoisotopic (exact) mass is 562 g/mol. The van der Waals surface area contributed by atoms with Crippen LogP contribution in [0.2, 0.25) is 10.0 Å². The molecule has 190 valence electrons. The Labute approximate surface area is 228 Å². The van der Waals surface area contributed by atoms with E-state index >= 15 is 0 Å². The minimum absolute atomic E-state index is 0.0122. The van der Waals surface area contributed by atoms with Gasteiger partial charge in [-0.05, 0) is 62.1 Å². The van der Waals surface area contributed by atoms with Crippen molar-refractivity contribution in [1.29, 1.82) is 0 Å². The number of unbranched alkanes of at least 4 members (excludes halogenated alkanes) is 5. The van der Waals surface area contributed by atoms with E-state index in [0.717, 1.165) is 70.1 Å². The van der Waals surface area contributed by atoms with Crippen molar-refractivity contribution in [2.24, 2.45) is 0 Å². The molecule has 0 bridgehead atoms. The molecule has 2 N–H and O–H groups in total. The van der Waals surface area contributed by atoms with Gasteiger partial charge in [0.05, 0.1) is 20.4 Å². The number of hydrogen-bond acceptors (Lipinski definition) is 6. The number of aryl methyl sites for hydroxylation is 2. The lowest BCUT2D eigenvalue weighted by Gasteiger charge is -2.03. The third kappa shape index (κ3) is 6.73. The molecule has 4 rings (SSSR count). The summed E-state index contributed by atoms with van der Waals surface area (Å²) in [6.45, 7) is 3.87. The largest absolute Gasteiger partial charge is 0.302 e. The van der Waals surface area contributed by atoms with Crippen LogP contribution < -0.4 is 10.6 Å². The molecule has 2 aromatic carbocycles. The molecular weight excluding hydrogens is 535 g/mol. The highest BCUT2D eigenvalue weighted by molar-refractivity contribution is 7.22. The molecule has 0 saturated carbocycles. The smallest absolute Gasteiger partial charge is 0.226 e. The average Bonchev–Trinajstić information content (AvgIpc) is 3.45. The van der Waals surface area contributed by atoms with Crippen LogP contribution in [0.3, 0.4) is 0 Å². The average molecular weight is 564 g/mol. The second-order valence-corrected chi connectivity index (χ2v) is 11.7. The lowest BCUT2D eigenvalue weighted by Crippen LogP contribution is -2.11. The van der Waals surface area contributed by atoms with Crippen LogP contribution in [0.1, 0.15) is 62.5 Å². The number of aromatic nitrogens is 2. The van der Waals surface area contributed by atoms with Gasteiger partial charge in [0.2, 0.25) is 11.8 Å². The highest BCUT2D eigenvalue weighted by atomic mass is 35.5. The van der Waals surface area contributed by atoms with Gasteiger partial charge in [0, 0.05) is 22.9 Å². The second-order valence-electron chi connectivity index (χ2n) is 8.79. The van der Waals surface area contributed by atoms with E-state index in [2.05, 4.69) is 20.6 Å². The minimum atomic E-state index is -0.0122. The van der Waals surface area contributed by atoms with Gasteiger partial charge in [0.15, 0.2) is 10.3 Å². The van der Waals surface area contributed by atoms with Crippen LogP contribution in [0.15, 0.2) is 24.3 Å². The van der Waals surface area contributed by atoms with Crippen molar-refractivity contribution in [2.75, 3.05) is 10.6 Å². The first-order chi connectivity index (χ1) is 17.3. The number of nitrogens with one attached hydrogen (secondary N) is 2. The third-order valence-corrected chi connectivity index (χ3v) is 8.74. The molecule has 2 aromatic heterocycles. The van der Waals surface area contributed by atoms with Crippen molar-refractivity contribution in [3.05, 3.63) is 45.4 Å². The molecule has 0 radical (unpaired) electrons. The Morgan fingerprint density at radius 1 is 0.694 bits per heavy atom. The number of hydrogen-bond donors (Lipinski definition) is 2. The standard InChI is InChI=1S/C26H28Cl2N4O2S2/c1-15-17(27)11-13-19-23(15)31-25(35-19)29-21(33)9-7-5-3-4-6-8-10-22(34)30-26-32-24-16(2)18(28)12-14-20(24)36-26/h11-14H,3-10H2,1-2H3,(H,29,31,33)(H,30,32,34). The zero-order valence-electron chi connectivity index (χ0n) is 20.2. The van der Waals surface area contributed by atoms with E-state index in [4.69, 9.17) is 23.2 Å². The number of benzene rings is 2. The van der Waals surface area contributed by atoms with E-state index in [1.165, 1.54) is 22.7 Å². The Hall–Kier alpha value is -2.26. The van der Waals surface area contributed by atoms with Crippen LogP contribution in [0.25, 0.3) is 20.4 Å². The van der Waals surface area contributed by atoms with Crippen LogP contribution in [0.4, 0.5) is 10.3 Å². The summed E-state index contributed by atoms with van der Waals surface area (Å²) in [7, 11) is 0. The first kappa shape index (κ1) is 26.8. The van der Waals surface area contributed by atoms with Crippen LogP contribution in [-0.4, -0.2) is 21.8 Å². The number of carbonyl (C=O) groups is 2. The first-order valence-corrected chi connectivity index (χ1v) is 14.4. The molecule has 2 heterocycles. The quantitative estimate of drug-likeness (QED) is 0.179. The normalized spacial score (nSPS) is 11.3. The summed E-state index contributed by atoms with van der Waals surface area (Å²) >= 11 is 15.2. The topological polar surface area (TPSA) is 84.0 Å². The Morgan fingerprint density at radius 2 is 1.08 bits per heavy atom. The number of fused-ring (bicyclic) bond motifs is 2. The molecule has 0 fully saturated rings. The molecule has 36 heavy (non-hydrogen) atoms. The van der Waals surface area contributed by atoms with Gasteiger partial charge in [-0.25, -0.2) is 9.97 Å². The van der Waals surface area contributed by atoms with Crippen molar-refractivity contribution in [3.8, 4) is 0 Å². The van der Waals surface area contributed by atoms with E-state index in [1.807, 2.05) is 38.1 Å². The zero-order chi connectivity index (χ0) is 25.7. The summed E-state index contributed by atoms with van der Waals surface area (Å²) in [4.78, 5) is 33.6. The van der Waals surface area contributed by atoms with E-state index in [1.54, 1.807) is 0 Å². The second kappa shape index (κ2) is 12.3. The zero-order valence-corrected chi connectivity index (χ0v) is 23.4. The molecule has 4 aromatic rings. The lowest BCUT2D eigenvalue weighted by molar-refractivity contribution is -0.117. The highest BCUT2D eigenvalue weighted by Gasteiger charge is 2.12. The molecule has 2 amide bonds. The maximum absolute atomic E-state index is 12.3. The maximum Gasteiger partial charge on any atom is 0.226 e. The van der Waals surface area contributed by atoms with Gasteiger partial charge in [-0.1, -0.05) is 71.6 Å². The van der Waals surface area contributed by atoms with Gasteiger partial charge >= 0.3 is 0 Å². The number of nitrogens with zero attached hydrogens (tertiary/aromatic N) is 2. The summed E-state index contributed by atoms with van der Waals surface area (Å²) in [5.41, 5.74) is 3.55. The van der Waals surface area contributed by atoms with Crippen molar-refractivity contribution >= 4 is 88.4 Å². The van der Waals surface area contributed by atoms with Crippen LogP contribution >= 0.6 is 45.9 Å². The molecule has 0 spiro atoms. The fraction of sp³-hybridized carbons (Fsp3) is 0.385. The summed E-state index contributed by atoms with van der Waals surface area (Å²) in [5, 5.41) is 8.40. The van der Waals surface area contributed by atoms with E-state index in [0.29, 0.717) is 33.2 Å². The Balaban J connectivity index is 1.08. The number of carbonyl (C=O) groups excluding carboxylic acids is 2. The highest BCUT2D eigenvalue weighted by Crippen LogP contribution is 2.33.